The summed E-state index contributed by atoms with van der Waals surface area (Å²) in [6.45, 7) is 5.48. The fourth-order valence-electron chi connectivity index (χ4n) is 2.42. The van der Waals surface area contributed by atoms with Crippen molar-refractivity contribution in [1.29, 1.82) is 5.26 Å². The molecule has 2 nitrogen and oxygen atoms in total. The Morgan fingerprint density at radius 2 is 1.86 bits per heavy atom. The van der Waals surface area contributed by atoms with E-state index in [9.17, 15) is 0 Å². The predicted octanol–water partition coefficient (Wildman–Crippen LogP) is 4.16. The average molecular weight is 278 g/mol. The molecule has 0 heterocycles. The van der Waals surface area contributed by atoms with E-state index in [4.69, 9.17) is 5.26 Å². The molecule has 0 saturated carbocycles. The molecule has 1 atom stereocenters. The van der Waals surface area contributed by atoms with Gasteiger partial charge in [-0.3, -0.25) is 0 Å². The molecule has 0 aliphatic carbocycles. The maximum absolute atomic E-state index is 8.97. The van der Waals surface area contributed by atoms with Crippen LogP contribution in [0, 0.1) is 11.3 Å². The van der Waals surface area contributed by atoms with Crippen LogP contribution in [0.4, 0.5) is 0 Å². The molecule has 2 rings (SSSR count). The first-order valence-corrected chi connectivity index (χ1v) is 7.55. The first kappa shape index (κ1) is 15.3. The zero-order valence-corrected chi connectivity index (χ0v) is 12.8. The Kier molecular flexibility index (Phi) is 5.54. The van der Waals surface area contributed by atoms with Gasteiger partial charge in [-0.15, -0.1) is 0 Å². The number of benzene rings is 2. The van der Waals surface area contributed by atoms with Gasteiger partial charge in [0.05, 0.1) is 11.6 Å². The molecular formula is C19H22N2. The van der Waals surface area contributed by atoms with Crippen LogP contribution >= 0.6 is 0 Å². The van der Waals surface area contributed by atoms with Crippen molar-refractivity contribution in [2.45, 2.75) is 32.7 Å². The SMILES string of the molecule is CCCNC(C)Cc1ccc(-c2cccc(C#N)c2)cc1. The van der Waals surface area contributed by atoms with Crippen molar-refractivity contribution in [3.63, 3.8) is 0 Å². The van der Waals surface area contributed by atoms with E-state index in [1.165, 1.54) is 12.0 Å². The minimum absolute atomic E-state index is 0.498. The molecule has 0 aromatic heterocycles. The summed E-state index contributed by atoms with van der Waals surface area (Å²) in [5.41, 5.74) is 4.29. The summed E-state index contributed by atoms with van der Waals surface area (Å²) in [7, 11) is 0. The van der Waals surface area contributed by atoms with Crippen molar-refractivity contribution >= 4 is 0 Å². The van der Waals surface area contributed by atoms with E-state index in [0.717, 1.165) is 24.1 Å². The Labute approximate surface area is 127 Å². The lowest BCUT2D eigenvalue weighted by atomic mass is 10.00. The molecule has 0 amide bonds. The monoisotopic (exact) mass is 278 g/mol. The third-order valence-electron chi connectivity index (χ3n) is 3.56. The summed E-state index contributed by atoms with van der Waals surface area (Å²) >= 11 is 0. The fraction of sp³-hybridized carbons (Fsp3) is 0.316. The van der Waals surface area contributed by atoms with Crippen molar-refractivity contribution < 1.29 is 0 Å². The standard InChI is InChI=1S/C19H22N2/c1-3-11-21-15(2)12-16-7-9-18(10-8-16)19-6-4-5-17(13-19)14-20/h4-10,13,15,21H,3,11-12H2,1-2H3. The van der Waals surface area contributed by atoms with Gasteiger partial charge < -0.3 is 5.32 Å². The molecule has 21 heavy (non-hydrogen) atoms. The average Bonchev–Trinajstić information content (AvgIpc) is 2.53. The Morgan fingerprint density at radius 1 is 1.10 bits per heavy atom. The Hall–Kier alpha value is -2.11. The second kappa shape index (κ2) is 7.61. The maximum Gasteiger partial charge on any atom is 0.0991 e. The van der Waals surface area contributed by atoms with Crippen LogP contribution in [0.15, 0.2) is 48.5 Å². The van der Waals surface area contributed by atoms with Gasteiger partial charge in [0.25, 0.3) is 0 Å². The highest BCUT2D eigenvalue weighted by molar-refractivity contribution is 5.65. The van der Waals surface area contributed by atoms with Crippen LogP contribution in [0.25, 0.3) is 11.1 Å². The highest BCUT2D eigenvalue weighted by atomic mass is 14.9. The Bertz CT molecular complexity index is 608. The zero-order chi connectivity index (χ0) is 15.1. The van der Waals surface area contributed by atoms with Crippen LogP contribution in [0.1, 0.15) is 31.4 Å². The molecule has 0 aliphatic heterocycles. The van der Waals surface area contributed by atoms with Gasteiger partial charge in [-0.25, -0.2) is 0 Å². The zero-order valence-electron chi connectivity index (χ0n) is 12.8. The van der Waals surface area contributed by atoms with Crippen LogP contribution in [-0.2, 0) is 6.42 Å². The largest absolute Gasteiger partial charge is 0.314 e. The third kappa shape index (κ3) is 4.44. The van der Waals surface area contributed by atoms with Crippen molar-refractivity contribution in [2.24, 2.45) is 0 Å². The van der Waals surface area contributed by atoms with E-state index in [1.54, 1.807) is 0 Å². The molecule has 2 aromatic carbocycles. The molecule has 2 aromatic rings. The molecule has 0 bridgehead atoms. The predicted molar refractivity (Wildman–Crippen MR) is 88.1 cm³/mol. The van der Waals surface area contributed by atoms with E-state index in [0.29, 0.717) is 11.6 Å². The highest BCUT2D eigenvalue weighted by Crippen LogP contribution is 2.21. The van der Waals surface area contributed by atoms with Gasteiger partial charge in [-0.05, 0) is 55.1 Å². The normalized spacial score (nSPS) is 11.9. The van der Waals surface area contributed by atoms with E-state index < -0.39 is 0 Å². The number of nitrogens with zero attached hydrogens (tertiary/aromatic N) is 1. The number of nitriles is 1. The molecule has 108 valence electrons. The van der Waals surface area contributed by atoms with E-state index in [1.807, 2.05) is 24.3 Å². The summed E-state index contributed by atoms with van der Waals surface area (Å²) in [4.78, 5) is 0. The summed E-state index contributed by atoms with van der Waals surface area (Å²) in [6, 6.07) is 19.1. The Morgan fingerprint density at radius 3 is 2.52 bits per heavy atom. The minimum Gasteiger partial charge on any atom is -0.314 e. The van der Waals surface area contributed by atoms with Gasteiger partial charge in [0.15, 0.2) is 0 Å². The molecule has 2 heteroatoms. The maximum atomic E-state index is 8.97. The van der Waals surface area contributed by atoms with Crippen molar-refractivity contribution in [3.8, 4) is 17.2 Å². The molecule has 0 radical (unpaired) electrons. The molecule has 0 saturated heterocycles. The van der Waals surface area contributed by atoms with Gasteiger partial charge in [-0.1, -0.05) is 43.3 Å². The first-order chi connectivity index (χ1) is 10.2. The molecule has 0 spiro atoms. The van der Waals surface area contributed by atoms with Crippen LogP contribution < -0.4 is 5.32 Å². The molecule has 1 N–H and O–H groups in total. The number of nitrogens with one attached hydrogen (secondary N) is 1. The van der Waals surface area contributed by atoms with Gasteiger partial charge >= 0.3 is 0 Å². The highest BCUT2D eigenvalue weighted by Gasteiger charge is 2.03. The summed E-state index contributed by atoms with van der Waals surface area (Å²) < 4.78 is 0. The molecule has 0 aliphatic rings. The molecule has 1 unspecified atom stereocenters. The van der Waals surface area contributed by atoms with Crippen molar-refractivity contribution in [2.75, 3.05) is 6.54 Å². The smallest absolute Gasteiger partial charge is 0.0991 e. The number of hydrogen-bond donors (Lipinski definition) is 1. The minimum atomic E-state index is 0.498. The third-order valence-corrected chi connectivity index (χ3v) is 3.56. The van der Waals surface area contributed by atoms with Crippen molar-refractivity contribution in [3.05, 3.63) is 59.7 Å². The fourth-order valence-corrected chi connectivity index (χ4v) is 2.42. The van der Waals surface area contributed by atoms with Crippen molar-refractivity contribution in [1.82, 2.24) is 5.32 Å². The first-order valence-electron chi connectivity index (χ1n) is 7.55. The lowest BCUT2D eigenvalue weighted by Crippen LogP contribution is -2.28. The summed E-state index contributed by atoms with van der Waals surface area (Å²) in [6.07, 6.45) is 2.21. The second-order valence-corrected chi connectivity index (χ2v) is 5.45. The van der Waals surface area contributed by atoms with E-state index in [-0.39, 0.29) is 0 Å². The Balaban J connectivity index is 2.06. The quantitative estimate of drug-likeness (QED) is 0.861. The molecular weight excluding hydrogens is 256 g/mol. The van der Waals surface area contributed by atoms with Crippen LogP contribution in [-0.4, -0.2) is 12.6 Å². The van der Waals surface area contributed by atoms with Gasteiger partial charge in [-0.2, -0.15) is 5.26 Å². The number of hydrogen-bond acceptors (Lipinski definition) is 2. The second-order valence-electron chi connectivity index (χ2n) is 5.45. The van der Waals surface area contributed by atoms with Gasteiger partial charge in [0.1, 0.15) is 0 Å². The lowest BCUT2D eigenvalue weighted by molar-refractivity contribution is 0.543. The van der Waals surface area contributed by atoms with E-state index in [2.05, 4.69) is 49.5 Å². The summed E-state index contributed by atoms with van der Waals surface area (Å²) in [5.74, 6) is 0. The van der Waals surface area contributed by atoms with Crippen LogP contribution in [0.2, 0.25) is 0 Å². The van der Waals surface area contributed by atoms with Gasteiger partial charge in [0.2, 0.25) is 0 Å². The topological polar surface area (TPSA) is 35.8 Å². The summed E-state index contributed by atoms with van der Waals surface area (Å²) in [5, 5.41) is 12.5. The van der Waals surface area contributed by atoms with Gasteiger partial charge in [0, 0.05) is 6.04 Å². The lowest BCUT2D eigenvalue weighted by Gasteiger charge is -2.13. The van der Waals surface area contributed by atoms with Crippen LogP contribution in [0.3, 0.4) is 0 Å². The van der Waals surface area contributed by atoms with Crippen LogP contribution in [0.5, 0.6) is 0 Å². The molecule has 0 fully saturated rings. The van der Waals surface area contributed by atoms with E-state index >= 15 is 0 Å². The number of rotatable bonds is 6.